The highest BCUT2D eigenvalue weighted by molar-refractivity contribution is 5.93. The summed E-state index contributed by atoms with van der Waals surface area (Å²) in [7, 11) is 0. The Morgan fingerprint density at radius 1 is 1.30 bits per heavy atom. The summed E-state index contributed by atoms with van der Waals surface area (Å²) in [5.41, 5.74) is 6.94. The van der Waals surface area contributed by atoms with Crippen molar-refractivity contribution in [2.24, 2.45) is 5.92 Å². The molecule has 3 heterocycles. The van der Waals surface area contributed by atoms with Crippen LogP contribution in [0.15, 0.2) is 23.2 Å². The fourth-order valence-electron chi connectivity index (χ4n) is 3.00. The summed E-state index contributed by atoms with van der Waals surface area (Å²) in [5, 5.41) is 0. The molecule has 2 aromatic heterocycles. The Kier molecular flexibility index (Phi) is 4.55. The number of carbonyl (C=O) groups excluding carboxylic acids is 1. The van der Waals surface area contributed by atoms with Crippen LogP contribution >= 0.6 is 0 Å². The van der Waals surface area contributed by atoms with Crippen LogP contribution in [0.1, 0.15) is 41.2 Å². The number of aromatic nitrogens is 3. The SMILES string of the molecule is Cc1ocnc1C(=O)N1CCC[C@H](Cc2cnc(N)cn2)CC1. The summed E-state index contributed by atoms with van der Waals surface area (Å²) in [6.07, 6.45) is 8.54. The molecule has 3 rings (SSSR count). The average Bonchev–Trinajstić information content (AvgIpc) is 2.84. The van der Waals surface area contributed by atoms with E-state index < -0.39 is 0 Å². The fourth-order valence-corrected chi connectivity index (χ4v) is 3.00. The molecule has 0 saturated carbocycles. The monoisotopic (exact) mass is 315 g/mol. The molecular formula is C16H21N5O2. The molecule has 23 heavy (non-hydrogen) atoms. The summed E-state index contributed by atoms with van der Waals surface area (Å²) in [5.74, 6) is 1.48. The molecule has 1 atom stereocenters. The third kappa shape index (κ3) is 3.67. The van der Waals surface area contributed by atoms with Crippen molar-refractivity contribution in [1.82, 2.24) is 19.9 Å². The summed E-state index contributed by atoms with van der Waals surface area (Å²) < 4.78 is 5.13. The molecule has 2 aromatic rings. The zero-order chi connectivity index (χ0) is 16.2. The van der Waals surface area contributed by atoms with Gasteiger partial charge in [0.2, 0.25) is 0 Å². The molecule has 0 aliphatic carbocycles. The van der Waals surface area contributed by atoms with E-state index in [0.717, 1.165) is 44.5 Å². The molecule has 1 aliphatic heterocycles. The smallest absolute Gasteiger partial charge is 0.276 e. The van der Waals surface area contributed by atoms with Crippen LogP contribution in [-0.4, -0.2) is 38.8 Å². The normalized spacial score (nSPS) is 18.7. The second kappa shape index (κ2) is 6.76. The van der Waals surface area contributed by atoms with E-state index in [0.29, 0.717) is 23.2 Å². The van der Waals surface area contributed by atoms with Gasteiger partial charge in [0.05, 0.1) is 18.1 Å². The minimum atomic E-state index is -0.0378. The highest BCUT2D eigenvalue weighted by Crippen LogP contribution is 2.22. The van der Waals surface area contributed by atoms with Crippen LogP contribution in [0.2, 0.25) is 0 Å². The second-order valence-corrected chi connectivity index (χ2v) is 5.98. The first-order valence-corrected chi connectivity index (χ1v) is 7.89. The Morgan fingerprint density at radius 2 is 2.17 bits per heavy atom. The molecule has 0 aromatic carbocycles. The summed E-state index contributed by atoms with van der Waals surface area (Å²) >= 11 is 0. The first-order chi connectivity index (χ1) is 11.1. The molecule has 2 N–H and O–H groups in total. The Balaban J connectivity index is 1.60. The molecule has 122 valence electrons. The number of anilines is 1. The number of hydrogen-bond donors (Lipinski definition) is 1. The van der Waals surface area contributed by atoms with E-state index in [1.54, 1.807) is 19.3 Å². The topological polar surface area (TPSA) is 98.1 Å². The van der Waals surface area contributed by atoms with E-state index in [9.17, 15) is 4.79 Å². The number of hydrogen-bond acceptors (Lipinski definition) is 6. The quantitative estimate of drug-likeness (QED) is 0.928. The van der Waals surface area contributed by atoms with Crippen LogP contribution in [0.4, 0.5) is 5.82 Å². The fraction of sp³-hybridized carbons (Fsp3) is 0.500. The van der Waals surface area contributed by atoms with Crippen molar-refractivity contribution in [3.63, 3.8) is 0 Å². The molecule has 0 unspecified atom stereocenters. The molecule has 7 nitrogen and oxygen atoms in total. The third-order valence-electron chi connectivity index (χ3n) is 4.31. The van der Waals surface area contributed by atoms with Crippen LogP contribution < -0.4 is 5.73 Å². The van der Waals surface area contributed by atoms with Crippen LogP contribution in [0, 0.1) is 12.8 Å². The molecule has 1 saturated heterocycles. The van der Waals surface area contributed by atoms with Gasteiger partial charge in [-0.05, 0) is 38.5 Å². The number of nitrogen functional groups attached to an aromatic ring is 1. The Labute approximate surface area is 134 Å². The number of aryl methyl sites for hydroxylation is 1. The van der Waals surface area contributed by atoms with Crippen molar-refractivity contribution in [2.45, 2.75) is 32.6 Å². The van der Waals surface area contributed by atoms with Gasteiger partial charge < -0.3 is 15.1 Å². The van der Waals surface area contributed by atoms with E-state index >= 15 is 0 Å². The van der Waals surface area contributed by atoms with Crippen molar-refractivity contribution in [1.29, 1.82) is 0 Å². The van der Waals surface area contributed by atoms with Gasteiger partial charge in [-0.1, -0.05) is 0 Å². The zero-order valence-corrected chi connectivity index (χ0v) is 13.2. The molecule has 7 heteroatoms. The van der Waals surface area contributed by atoms with Gasteiger partial charge >= 0.3 is 0 Å². The number of likely N-dealkylation sites (tertiary alicyclic amines) is 1. The van der Waals surface area contributed by atoms with Gasteiger partial charge in [-0.3, -0.25) is 9.78 Å². The molecule has 0 radical (unpaired) electrons. The summed E-state index contributed by atoms with van der Waals surface area (Å²) in [6, 6.07) is 0. The number of nitrogens with zero attached hydrogens (tertiary/aromatic N) is 4. The predicted molar refractivity (Wildman–Crippen MR) is 84.6 cm³/mol. The van der Waals surface area contributed by atoms with Crippen molar-refractivity contribution in [2.75, 3.05) is 18.8 Å². The second-order valence-electron chi connectivity index (χ2n) is 5.98. The minimum absolute atomic E-state index is 0.0378. The Hall–Kier alpha value is -2.44. The first-order valence-electron chi connectivity index (χ1n) is 7.89. The Bertz CT molecular complexity index is 667. The van der Waals surface area contributed by atoms with E-state index in [4.69, 9.17) is 10.2 Å². The van der Waals surface area contributed by atoms with Gasteiger partial charge in [0.1, 0.15) is 11.6 Å². The van der Waals surface area contributed by atoms with E-state index in [1.807, 2.05) is 4.90 Å². The number of rotatable bonds is 3. The van der Waals surface area contributed by atoms with Crippen LogP contribution in [0.25, 0.3) is 0 Å². The van der Waals surface area contributed by atoms with Crippen molar-refractivity contribution < 1.29 is 9.21 Å². The summed E-state index contributed by atoms with van der Waals surface area (Å²) in [4.78, 5) is 26.8. The number of amides is 1. The molecule has 1 aliphatic rings. The minimum Gasteiger partial charge on any atom is -0.448 e. The van der Waals surface area contributed by atoms with Crippen LogP contribution in [0.3, 0.4) is 0 Å². The molecule has 1 fully saturated rings. The largest absolute Gasteiger partial charge is 0.448 e. The number of oxazole rings is 1. The Morgan fingerprint density at radius 3 is 2.87 bits per heavy atom. The lowest BCUT2D eigenvalue weighted by Crippen LogP contribution is -2.32. The summed E-state index contributed by atoms with van der Waals surface area (Å²) in [6.45, 7) is 3.26. The average molecular weight is 315 g/mol. The molecule has 1 amide bonds. The first kappa shape index (κ1) is 15.5. The predicted octanol–water partition coefficient (Wildman–Crippen LogP) is 1.84. The maximum absolute atomic E-state index is 12.5. The van der Waals surface area contributed by atoms with Gasteiger partial charge in [0, 0.05) is 13.1 Å². The zero-order valence-electron chi connectivity index (χ0n) is 13.2. The third-order valence-corrected chi connectivity index (χ3v) is 4.31. The van der Waals surface area contributed by atoms with Crippen LogP contribution in [0.5, 0.6) is 0 Å². The van der Waals surface area contributed by atoms with E-state index in [2.05, 4.69) is 15.0 Å². The van der Waals surface area contributed by atoms with Crippen molar-refractivity contribution in [3.8, 4) is 0 Å². The van der Waals surface area contributed by atoms with Crippen molar-refractivity contribution >= 4 is 11.7 Å². The van der Waals surface area contributed by atoms with Gasteiger partial charge in [0.25, 0.3) is 5.91 Å². The number of nitrogens with two attached hydrogens (primary N) is 1. The standard InChI is InChI=1S/C16H21N5O2/c1-11-15(20-10-23-11)16(22)21-5-2-3-12(4-6-21)7-13-8-19-14(17)9-18-13/h8-10,12H,2-7H2,1H3,(H2,17,19)/t12-/m0/s1. The lowest BCUT2D eigenvalue weighted by Gasteiger charge is -2.19. The molecule has 0 spiro atoms. The maximum Gasteiger partial charge on any atom is 0.276 e. The van der Waals surface area contributed by atoms with Gasteiger partial charge in [0.15, 0.2) is 12.1 Å². The van der Waals surface area contributed by atoms with E-state index in [-0.39, 0.29) is 5.91 Å². The van der Waals surface area contributed by atoms with Gasteiger partial charge in [-0.15, -0.1) is 0 Å². The van der Waals surface area contributed by atoms with Gasteiger partial charge in [-0.2, -0.15) is 0 Å². The van der Waals surface area contributed by atoms with E-state index in [1.165, 1.54) is 6.39 Å². The van der Waals surface area contributed by atoms with Crippen molar-refractivity contribution in [3.05, 3.63) is 35.9 Å². The van der Waals surface area contributed by atoms with Crippen LogP contribution in [-0.2, 0) is 6.42 Å². The highest BCUT2D eigenvalue weighted by Gasteiger charge is 2.24. The lowest BCUT2D eigenvalue weighted by molar-refractivity contribution is 0.0753. The molecule has 0 bridgehead atoms. The highest BCUT2D eigenvalue weighted by atomic mass is 16.3. The number of carbonyl (C=O) groups is 1. The maximum atomic E-state index is 12.5. The lowest BCUT2D eigenvalue weighted by atomic mass is 9.95. The molecular weight excluding hydrogens is 294 g/mol. The van der Waals surface area contributed by atoms with Gasteiger partial charge in [-0.25, -0.2) is 9.97 Å².